The van der Waals surface area contributed by atoms with Gasteiger partial charge in [-0.1, -0.05) is 83.3 Å². The molecule has 0 heterocycles. The molecule has 0 spiro atoms. The van der Waals surface area contributed by atoms with Crippen LogP contribution in [0.2, 0.25) is 0 Å². The zero-order valence-corrected chi connectivity index (χ0v) is 16.0. The summed E-state index contributed by atoms with van der Waals surface area (Å²) in [5.74, 6) is 0.368. The lowest BCUT2D eigenvalue weighted by atomic mass is 10.0. The van der Waals surface area contributed by atoms with Crippen LogP contribution in [-0.4, -0.2) is 5.11 Å². The summed E-state index contributed by atoms with van der Waals surface area (Å²) in [6, 6.07) is 7.64. The van der Waals surface area contributed by atoms with Crippen molar-refractivity contribution in [3.05, 3.63) is 29.8 Å². The predicted molar refractivity (Wildman–Crippen MR) is 104 cm³/mol. The Kier molecular flexibility index (Phi) is 14.5. The van der Waals surface area contributed by atoms with Crippen LogP contribution in [0.25, 0.3) is 0 Å². The number of phenols is 1. The summed E-state index contributed by atoms with van der Waals surface area (Å²) in [6.45, 7) is 2.28. The molecular weight excluding hydrogens is 371 g/mol. The zero-order valence-electron chi connectivity index (χ0n) is 13.7. The molecule has 0 bridgehead atoms. The number of halogens is 1. The van der Waals surface area contributed by atoms with E-state index in [9.17, 15) is 5.11 Å². The van der Waals surface area contributed by atoms with Gasteiger partial charge in [0.05, 0.1) is 0 Å². The number of phenolic OH excluding ortho intramolecular Hbond substituents is 1. The molecule has 2 heteroatoms. The van der Waals surface area contributed by atoms with Gasteiger partial charge in [-0.25, -0.2) is 0 Å². The molecule has 0 amide bonds. The van der Waals surface area contributed by atoms with Crippen molar-refractivity contribution in [3.63, 3.8) is 0 Å². The fourth-order valence-electron chi connectivity index (χ4n) is 2.66. The SMILES string of the molecule is CCCCCCCCCCCCCc1ccc(O)cc1.I. The molecule has 1 N–H and O–H groups in total. The Morgan fingerprint density at radius 2 is 1.10 bits per heavy atom. The molecule has 0 saturated carbocycles. The third-order valence-corrected chi connectivity index (χ3v) is 4.01. The van der Waals surface area contributed by atoms with E-state index < -0.39 is 0 Å². The highest BCUT2D eigenvalue weighted by atomic mass is 127. The maximum Gasteiger partial charge on any atom is 0.115 e. The summed E-state index contributed by atoms with van der Waals surface area (Å²) in [5, 5.41) is 9.22. The van der Waals surface area contributed by atoms with Crippen LogP contribution in [0.3, 0.4) is 0 Å². The first kappa shape index (κ1) is 20.8. The van der Waals surface area contributed by atoms with Crippen LogP contribution in [0.1, 0.15) is 83.1 Å². The molecule has 1 rings (SSSR count). The molecule has 1 aromatic carbocycles. The molecule has 0 saturated heterocycles. The van der Waals surface area contributed by atoms with E-state index in [1.54, 1.807) is 12.1 Å². The van der Waals surface area contributed by atoms with Crippen LogP contribution in [0.5, 0.6) is 5.75 Å². The lowest BCUT2D eigenvalue weighted by molar-refractivity contribution is 0.475. The summed E-state index contributed by atoms with van der Waals surface area (Å²) in [7, 11) is 0. The van der Waals surface area contributed by atoms with Crippen molar-refractivity contribution in [3.8, 4) is 5.75 Å². The van der Waals surface area contributed by atoms with Crippen LogP contribution in [0.15, 0.2) is 24.3 Å². The van der Waals surface area contributed by atoms with Gasteiger partial charge in [0.1, 0.15) is 5.75 Å². The third-order valence-electron chi connectivity index (χ3n) is 4.01. The van der Waals surface area contributed by atoms with E-state index in [-0.39, 0.29) is 24.0 Å². The first-order valence-electron chi connectivity index (χ1n) is 8.61. The van der Waals surface area contributed by atoms with Gasteiger partial charge in [-0.3, -0.25) is 0 Å². The minimum absolute atomic E-state index is 0. The quantitative estimate of drug-likeness (QED) is 0.298. The van der Waals surface area contributed by atoms with Crippen LogP contribution in [-0.2, 0) is 6.42 Å². The summed E-state index contributed by atoms with van der Waals surface area (Å²) in [5.41, 5.74) is 1.35. The van der Waals surface area contributed by atoms with Gasteiger partial charge in [-0.05, 0) is 30.5 Å². The van der Waals surface area contributed by atoms with E-state index in [1.165, 1.54) is 76.2 Å². The lowest BCUT2D eigenvalue weighted by Crippen LogP contribution is -1.86. The number of rotatable bonds is 12. The minimum atomic E-state index is 0. The Morgan fingerprint density at radius 1 is 0.667 bits per heavy atom. The largest absolute Gasteiger partial charge is 0.508 e. The molecule has 0 aliphatic rings. The summed E-state index contributed by atoms with van der Waals surface area (Å²) >= 11 is 0. The molecular formula is C19H33IO. The average Bonchev–Trinajstić information content (AvgIpc) is 2.47. The number of hydrogen-bond acceptors (Lipinski definition) is 1. The van der Waals surface area contributed by atoms with E-state index >= 15 is 0 Å². The molecule has 0 radical (unpaired) electrons. The number of aryl methyl sites for hydroxylation is 1. The number of benzene rings is 1. The first-order chi connectivity index (χ1) is 9.83. The summed E-state index contributed by atoms with van der Waals surface area (Å²) in [4.78, 5) is 0. The van der Waals surface area contributed by atoms with Crippen LogP contribution >= 0.6 is 24.0 Å². The van der Waals surface area contributed by atoms with Crippen LogP contribution < -0.4 is 0 Å². The van der Waals surface area contributed by atoms with Gasteiger partial charge in [0.25, 0.3) is 0 Å². The molecule has 1 aromatic rings. The highest BCUT2D eigenvalue weighted by Gasteiger charge is 1.95. The van der Waals surface area contributed by atoms with Crippen molar-refractivity contribution in [2.45, 2.75) is 84.0 Å². The zero-order chi connectivity index (χ0) is 14.5. The molecule has 122 valence electrons. The van der Waals surface area contributed by atoms with E-state index in [2.05, 4.69) is 6.92 Å². The van der Waals surface area contributed by atoms with Crippen molar-refractivity contribution >= 4 is 24.0 Å². The average molecular weight is 404 g/mol. The number of aromatic hydroxyl groups is 1. The Labute approximate surface area is 148 Å². The summed E-state index contributed by atoms with van der Waals surface area (Å²) in [6.07, 6.45) is 16.5. The Morgan fingerprint density at radius 3 is 1.57 bits per heavy atom. The Balaban J connectivity index is 0.00000400. The lowest BCUT2D eigenvalue weighted by Gasteiger charge is -2.03. The fraction of sp³-hybridized carbons (Fsp3) is 0.684. The Bertz CT molecular complexity index is 321. The van der Waals surface area contributed by atoms with Gasteiger partial charge < -0.3 is 5.11 Å². The van der Waals surface area contributed by atoms with Crippen molar-refractivity contribution in [2.24, 2.45) is 0 Å². The molecule has 0 fully saturated rings. The second kappa shape index (κ2) is 14.7. The standard InChI is InChI=1S/C19H32O.HI/c1-2-3-4-5-6-7-8-9-10-11-12-13-18-14-16-19(20)17-15-18;/h14-17,20H,2-13H2,1H3;1H. The van der Waals surface area contributed by atoms with E-state index in [0.717, 1.165) is 6.42 Å². The molecule has 21 heavy (non-hydrogen) atoms. The first-order valence-corrected chi connectivity index (χ1v) is 8.61. The molecule has 0 aromatic heterocycles. The molecule has 0 aliphatic carbocycles. The normalized spacial score (nSPS) is 10.3. The van der Waals surface area contributed by atoms with Crippen LogP contribution in [0.4, 0.5) is 0 Å². The highest BCUT2D eigenvalue weighted by Crippen LogP contribution is 2.14. The van der Waals surface area contributed by atoms with Gasteiger partial charge in [0, 0.05) is 0 Å². The van der Waals surface area contributed by atoms with Crippen molar-refractivity contribution < 1.29 is 5.11 Å². The number of unbranched alkanes of at least 4 members (excludes halogenated alkanes) is 10. The second-order valence-electron chi connectivity index (χ2n) is 5.95. The predicted octanol–water partition coefficient (Wildman–Crippen LogP) is 6.86. The molecule has 0 aliphatic heterocycles. The van der Waals surface area contributed by atoms with Gasteiger partial charge in [-0.2, -0.15) is 0 Å². The van der Waals surface area contributed by atoms with E-state index in [4.69, 9.17) is 0 Å². The van der Waals surface area contributed by atoms with E-state index in [0.29, 0.717) is 5.75 Å². The maximum atomic E-state index is 9.22. The topological polar surface area (TPSA) is 20.2 Å². The monoisotopic (exact) mass is 404 g/mol. The smallest absolute Gasteiger partial charge is 0.115 e. The highest BCUT2D eigenvalue weighted by molar-refractivity contribution is 14.0. The third kappa shape index (κ3) is 12.0. The second-order valence-corrected chi connectivity index (χ2v) is 5.95. The van der Waals surface area contributed by atoms with Crippen molar-refractivity contribution in [1.82, 2.24) is 0 Å². The van der Waals surface area contributed by atoms with E-state index in [1.807, 2.05) is 12.1 Å². The van der Waals surface area contributed by atoms with Gasteiger partial charge in [-0.15, -0.1) is 24.0 Å². The van der Waals surface area contributed by atoms with Gasteiger partial charge in [0.2, 0.25) is 0 Å². The molecule has 1 nitrogen and oxygen atoms in total. The van der Waals surface area contributed by atoms with Crippen LogP contribution in [0, 0.1) is 0 Å². The van der Waals surface area contributed by atoms with Gasteiger partial charge in [0.15, 0.2) is 0 Å². The number of hydrogen-bond donors (Lipinski definition) is 1. The molecule has 0 atom stereocenters. The minimum Gasteiger partial charge on any atom is -0.508 e. The molecule has 0 unspecified atom stereocenters. The van der Waals surface area contributed by atoms with Crippen molar-refractivity contribution in [1.29, 1.82) is 0 Å². The summed E-state index contributed by atoms with van der Waals surface area (Å²) < 4.78 is 0. The Hall–Kier alpha value is -0.250. The van der Waals surface area contributed by atoms with Gasteiger partial charge >= 0.3 is 0 Å². The van der Waals surface area contributed by atoms with Crippen molar-refractivity contribution in [2.75, 3.05) is 0 Å². The maximum absolute atomic E-state index is 9.22. The fourth-order valence-corrected chi connectivity index (χ4v) is 2.66.